The van der Waals surface area contributed by atoms with Gasteiger partial charge < -0.3 is 9.64 Å². The van der Waals surface area contributed by atoms with E-state index in [2.05, 4.69) is 38.0 Å². The summed E-state index contributed by atoms with van der Waals surface area (Å²) in [5.41, 5.74) is 3.72. The molecule has 0 aliphatic rings. The van der Waals surface area contributed by atoms with Crippen molar-refractivity contribution < 1.29 is 4.74 Å². The van der Waals surface area contributed by atoms with Crippen LogP contribution in [0.5, 0.6) is 11.6 Å². The Kier molecular flexibility index (Phi) is 5.58. The van der Waals surface area contributed by atoms with E-state index in [1.54, 1.807) is 35.4 Å². The van der Waals surface area contributed by atoms with Crippen LogP contribution in [0.15, 0.2) is 47.1 Å². The molecule has 0 aliphatic heterocycles. The van der Waals surface area contributed by atoms with Crippen molar-refractivity contribution in [2.45, 2.75) is 13.8 Å². The van der Waals surface area contributed by atoms with Crippen LogP contribution in [0.4, 0.5) is 11.6 Å². The largest absolute Gasteiger partial charge is 0.437 e. The summed E-state index contributed by atoms with van der Waals surface area (Å²) < 4.78 is 6.67. The first-order chi connectivity index (χ1) is 13.4. The average molecular weight is 434 g/mol. The van der Waals surface area contributed by atoms with Gasteiger partial charge >= 0.3 is 0 Å². The number of nitrogens with zero attached hydrogens (tertiary/aromatic N) is 5. The molecule has 0 bridgehead atoms. The molecule has 1 heterocycles. The molecule has 28 heavy (non-hydrogen) atoms. The van der Waals surface area contributed by atoms with Crippen LogP contribution in [0.2, 0.25) is 0 Å². The Morgan fingerprint density at radius 1 is 1.00 bits per heavy atom. The molecule has 6 nitrogen and oxygen atoms in total. The van der Waals surface area contributed by atoms with Gasteiger partial charge in [0, 0.05) is 12.7 Å². The number of aryl methyl sites for hydroxylation is 2. The molecule has 0 unspecified atom stereocenters. The molecule has 0 saturated heterocycles. The quantitative estimate of drug-likeness (QED) is 0.564. The molecule has 0 radical (unpaired) electrons. The number of hydrogen-bond acceptors (Lipinski definition) is 6. The summed E-state index contributed by atoms with van der Waals surface area (Å²) >= 11 is 3.43. The van der Waals surface area contributed by atoms with Gasteiger partial charge in [0.05, 0.1) is 33.9 Å². The fraction of sp³-hybridized carbons (Fsp3) is 0.143. The van der Waals surface area contributed by atoms with Crippen molar-refractivity contribution in [3.8, 4) is 23.8 Å². The van der Waals surface area contributed by atoms with Gasteiger partial charge in [-0.2, -0.15) is 15.5 Å². The lowest BCUT2D eigenvalue weighted by Crippen LogP contribution is -2.13. The number of ether oxygens (including phenoxy) is 1. The highest BCUT2D eigenvalue weighted by atomic mass is 79.9. The zero-order valence-electron chi connectivity index (χ0n) is 15.6. The second kappa shape index (κ2) is 8.08. The zero-order chi connectivity index (χ0) is 20.3. The normalized spacial score (nSPS) is 10.1. The maximum absolute atomic E-state index is 9.11. The maximum Gasteiger partial charge on any atom is 0.238 e. The van der Waals surface area contributed by atoms with E-state index in [1.165, 1.54) is 0 Å². The molecule has 3 aromatic rings. The molecule has 1 aromatic heterocycles. The summed E-state index contributed by atoms with van der Waals surface area (Å²) in [5.74, 6) is 1.48. The maximum atomic E-state index is 9.11. The van der Waals surface area contributed by atoms with E-state index in [1.807, 2.05) is 33.0 Å². The van der Waals surface area contributed by atoms with Gasteiger partial charge in [-0.3, -0.25) is 0 Å². The topological polar surface area (TPSA) is 85.8 Å². The van der Waals surface area contributed by atoms with Gasteiger partial charge in [-0.15, -0.1) is 0 Å². The number of aromatic nitrogens is 2. The van der Waals surface area contributed by atoms with Gasteiger partial charge in [-0.05, 0) is 77.3 Å². The average Bonchev–Trinajstić information content (AvgIpc) is 2.71. The number of anilines is 2. The molecule has 0 atom stereocenters. The van der Waals surface area contributed by atoms with E-state index in [9.17, 15) is 0 Å². The Morgan fingerprint density at radius 2 is 1.61 bits per heavy atom. The Balaban J connectivity index is 1.94. The Morgan fingerprint density at radius 3 is 2.18 bits per heavy atom. The summed E-state index contributed by atoms with van der Waals surface area (Å²) in [6.45, 7) is 3.78. The Hall–Kier alpha value is -3.42. The van der Waals surface area contributed by atoms with Crippen LogP contribution in [0, 0.1) is 36.5 Å². The SMILES string of the molecule is Cc1cc(C#N)cc(C)c1Oc1nc(N(C)c2ccc(C#N)cc2)ncc1Br. The fourth-order valence-electron chi connectivity index (χ4n) is 2.72. The van der Waals surface area contributed by atoms with Crippen LogP contribution in [0.3, 0.4) is 0 Å². The minimum absolute atomic E-state index is 0.376. The van der Waals surface area contributed by atoms with Crippen LogP contribution >= 0.6 is 15.9 Å². The Labute approximate surface area is 171 Å². The monoisotopic (exact) mass is 433 g/mol. The summed E-state index contributed by atoms with van der Waals surface area (Å²) in [6, 6.07) is 15.0. The van der Waals surface area contributed by atoms with E-state index < -0.39 is 0 Å². The van der Waals surface area contributed by atoms with Crippen LogP contribution in [-0.2, 0) is 0 Å². The molecular weight excluding hydrogens is 418 g/mol. The predicted molar refractivity (Wildman–Crippen MR) is 110 cm³/mol. The molecule has 0 saturated carbocycles. The first-order valence-corrected chi connectivity index (χ1v) is 9.18. The van der Waals surface area contributed by atoms with E-state index in [0.29, 0.717) is 33.2 Å². The molecule has 0 aliphatic carbocycles. The molecule has 7 heteroatoms. The summed E-state index contributed by atoms with van der Waals surface area (Å²) in [4.78, 5) is 10.7. The van der Waals surface area contributed by atoms with Gasteiger partial charge in [0.2, 0.25) is 11.8 Å². The highest BCUT2D eigenvalue weighted by Gasteiger charge is 2.15. The third-order valence-electron chi connectivity index (χ3n) is 4.17. The van der Waals surface area contributed by atoms with Gasteiger partial charge in [0.15, 0.2) is 0 Å². The third kappa shape index (κ3) is 3.95. The number of benzene rings is 2. The van der Waals surface area contributed by atoms with Crippen molar-refractivity contribution in [3.05, 3.63) is 69.3 Å². The van der Waals surface area contributed by atoms with Crippen LogP contribution in [0.1, 0.15) is 22.3 Å². The number of halogens is 1. The van der Waals surface area contributed by atoms with E-state index in [4.69, 9.17) is 15.3 Å². The number of nitriles is 2. The minimum Gasteiger partial charge on any atom is -0.437 e. The van der Waals surface area contributed by atoms with Crippen molar-refractivity contribution in [1.29, 1.82) is 10.5 Å². The standard InChI is InChI=1S/C21H16BrN5O/c1-13-8-16(11-24)9-14(2)19(13)28-20-18(22)12-25-21(26-20)27(3)17-6-4-15(10-23)5-7-17/h4-9,12H,1-3H3. The first kappa shape index (κ1) is 19.3. The third-order valence-corrected chi connectivity index (χ3v) is 4.72. The molecule has 2 aromatic carbocycles. The van der Waals surface area contributed by atoms with E-state index in [0.717, 1.165) is 16.8 Å². The van der Waals surface area contributed by atoms with Crippen molar-refractivity contribution in [3.63, 3.8) is 0 Å². The van der Waals surface area contributed by atoms with Gasteiger partial charge in [-0.25, -0.2) is 4.98 Å². The second-order valence-corrected chi connectivity index (χ2v) is 7.05. The lowest BCUT2D eigenvalue weighted by molar-refractivity contribution is 0.451. The smallest absolute Gasteiger partial charge is 0.238 e. The molecule has 0 N–H and O–H groups in total. The second-order valence-electron chi connectivity index (χ2n) is 6.19. The lowest BCUT2D eigenvalue weighted by atomic mass is 10.1. The zero-order valence-corrected chi connectivity index (χ0v) is 17.1. The highest BCUT2D eigenvalue weighted by molar-refractivity contribution is 9.10. The summed E-state index contributed by atoms with van der Waals surface area (Å²) in [5, 5.41) is 18.0. The molecule has 138 valence electrons. The number of rotatable bonds is 4. The van der Waals surface area contributed by atoms with Gasteiger partial charge in [0.25, 0.3) is 0 Å². The lowest BCUT2D eigenvalue weighted by Gasteiger charge is -2.19. The van der Waals surface area contributed by atoms with Crippen LogP contribution < -0.4 is 9.64 Å². The van der Waals surface area contributed by atoms with Crippen molar-refractivity contribution in [1.82, 2.24) is 9.97 Å². The van der Waals surface area contributed by atoms with Crippen LogP contribution in [0.25, 0.3) is 0 Å². The van der Waals surface area contributed by atoms with E-state index >= 15 is 0 Å². The van der Waals surface area contributed by atoms with Crippen molar-refractivity contribution in [2.75, 3.05) is 11.9 Å². The molecule has 0 fully saturated rings. The summed E-state index contributed by atoms with van der Waals surface area (Å²) in [7, 11) is 1.84. The number of hydrogen-bond donors (Lipinski definition) is 0. The fourth-order valence-corrected chi connectivity index (χ4v) is 3.00. The predicted octanol–water partition coefficient (Wildman–Crippen LogP) is 5.16. The molecular formula is C21H16BrN5O. The van der Waals surface area contributed by atoms with Crippen LogP contribution in [-0.4, -0.2) is 17.0 Å². The molecule has 3 rings (SSSR count). The van der Waals surface area contributed by atoms with Gasteiger partial charge in [-0.1, -0.05) is 0 Å². The van der Waals surface area contributed by atoms with Crippen molar-refractivity contribution in [2.24, 2.45) is 0 Å². The Bertz CT molecular complexity index is 1090. The summed E-state index contributed by atoms with van der Waals surface area (Å²) in [6.07, 6.45) is 1.63. The molecule has 0 spiro atoms. The minimum atomic E-state index is 0.376. The highest BCUT2D eigenvalue weighted by Crippen LogP contribution is 2.34. The molecule has 0 amide bonds. The van der Waals surface area contributed by atoms with Gasteiger partial charge in [0.1, 0.15) is 5.75 Å². The van der Waals surface area contributed by atoms with Crippen molar-refractivity contribution >= 4 is 27.6 Å². The first-order valence-electron chi connectivity index (χ1n) is 8.38. The van der Waals surface area contributed by atoms with E-state index in [-0.39, 0.29) is 0 Å².